The number of amides is 1. The highest BCUT2D eigenvalue weighted by molar-refractivity contribution is 7.90. The normalized spacial score (nSPS) is 19.5. The van der Waals surface area contributed by atoms with E-state index in [9.17, 15) is 17.6 Å². The highest BCUT2D eigenvalue weighted by Gasteiger charge is 2.29. The Labute approximate surface area is 184 Å². The van der Waals surface area contributed by atoms with E-state index in [0.717, 1.165) is 0 Å². The van der Waals surface area contributed by atoms with Crippen molar-refractivity contribution >= 4 is 27.5 Å². The first kappa shape index (κ1) is 20.7. The van der Waals surface area contributed by atoms with Gasteiger partial charge in [0.25, 0.3) is 15.9 Å². The Kier molecular flexibility index (Phi) is 5.22. The first-order valence-corrected chi connectivity index (χ1v) is 11.7. The molecule has 0 radical (unpaired) electrons. The SMILES string of the molecule is O=C(c1ccc2c(c1)OCO2)N1CCCN(CC2=NS(=O)(=O)c3cccc(F)c3N2)CC1. The van der Waals surface area contributed by atoms with Crippen molar-refractivity contribution in [3.63, 3.8) is 0 Å². The van der Waals surface area contributed by atoms with Gasteiger partial charge in [0.1, 0.15) is 16.5 Å². The molecule has 11 heteroatoms. The first-order valence-electron chi connectivity index (χ1n) is 10.2. The maximum Gasteiger partial charge on any atom is 0.286 e. The number of amidine groups is 1. The molecule has 0 spiro atoms. The summed E-state index contributed by atoms with van der Waals surface area (Å²) >= 11 is 0. The maximum atomic E-state index is 14.2. The summed E-state index contributed by atoms with van der Waals surface area (Å²) in [7, 11) is -3.97. The molecule has 0 aliphatic carbocycles. The lowest BCUT2D eigenvalue weighted by Crippen LogP contribution is -2.39. The van der Waals surface area contributed by atoms with E-state index in [1.807, 2.05) is 4.90 Å². The number of para-hydroxylation sites is 1. The molecule has 0 aromatic heterocycles. The van der Waals surface area contributed by atoms with Gasteiger partial charge in [0.2, 0.25) is 6.79 Å². The van der Waals surface area contributed by atoms with Crippen molar-refractivity contribution in [2.45, 2.75) is 11.3 Å². The molecule has 5 rings (SSSR count). The predicted molar refractivity (Wildman–Crippen MR) is 114 cm³/mol. The molecule has 3 aliphatic rings. The quantitative estimate of drug-likeness (QED) is 0.747. The zero-order valence-corrected chi connectivity index (χ0v) is 17.9. The van der Waals surface area contributed by atoms with E-state index in [1.165, 1.54) is 18.2 Å². The van der Waals surface area contributed by atoms with Crippen molar-refractivity contribution in [3.8, 4) is 11.5 Å². The summed E-state index contributed by atoms with van der Waals surface area (Å²) < 4.78 is 53.5. The fraction of sp³-hybridized carbons (Fsp3) is 0.333. The van der Waals surface area contributed by atoms with Gasteiger partial charge in [-0.15, -0.1) is 4.40 Å². The Morgan fingerprint density at radius 2 is 1.94 bits per heavy atom. The van der Waals surface area contributed by atoms with Crippen molar-refractivity contribution in [2.24, 2.45) is 4.40 Å². The molecule has 32 heavy (non-hydrogen) atoms. The van der Waals surface area contributed by atoms with Crippen LogP contribution in [0.4, 0.5) is 10.1 Å². The van der Waals surface area contributed by atoms with Crippen LogP contribution in [-0.4, -0.2) is 69.5 Å². The molecule has 1 amide bonds. The van der Waals surface area contributed by atoms with E-state index >= 15 is 0 Å². The van der Waals surface area contributed by atoms with Crippen molar-refractivity contribution in [3.05, 3.63) is 47.8 Å². The number of halogens is 1. The second kappa shape index (κ2) is 8.06. The topological polar surface area (TPSA) is 101 Å². The zero-order chi connectivity index (χ0) is 22.3. The molecule has 1 fully saturated rings. The summed E-state index contributed by atoms with van der Waals surface area (Å²) in [6, 6.07) is 9.00. The summed E-state index contributed by atoms with van der Waals surface area (Å²) in [6.45, 7) is 2.57. The molecule has 3 aliphatic heterocycles. The number of ether oxygens (including phenoxy) is 2. The summed E-state index contributed by atoms with van der Waals surface area (Å²) in [4.78, 5) is 16.6. The molecule has 1 saturated heterocycles. The van der Waals surface area contributed by atoms with Gasteiger partial charge < -0.3 is 19.7 Å². The van der Waals surface area contributed by atoms with Gasteiger partial charge in [-0.1, -0.05) is 6.07 Å². The van der Waals surface area contributed by atoms with Crippen LogP contribution in [0, 0.1) is 5.82 Å². The van der Waals surface area contributed by atoms with Crippen LogP contribution in [0.15, 0.2) is 45.7 Å². The fourth-order valence-corrected chi connectivity index (χ4v) is 5.18. The number of hydrogen-bond acceptors (Lipinski definition) is 7. The number of benzene rings is 2. The zero-order valence-electron chi connectivity index (χ0n) is 17.1. The Bertz CT molecular complexity index is 1220. The summed E-state index contributed by atoms with van der Waals surface area (Å²) in [5.74, 6) is 0.601. The number of nitrogens with zero attached hydrogens (tertiary/aromatic N) is 3. The van der Waals surface area contributed by atoms with E-state index in [0.29, 0.717) is 49.7 Å². The van der Waals surface area contributed by atoms with Gasteiger partial charge in [0, 0.05) is 31.7 Å². The predicted octanol–water partition coefficient (Wildman–Crippen LogP) is 1.92. The van der Waals surface area contributed by atoms with Gasteiger partial charge in [-0.3, -0.25) is 9.69 Å². The summed E-state index contributed by atoms with van der Waals surface area (Å²) in [5.41, 5.74) is 0.450. The number of sulfonamides is 1. The standard InChI is InChI=1S/C21H21FN4O5S/c22-15-3-1-4-18-20(15)23-19(24-32(18,28)29)12-25-7-2-8-26(10-9-25)21(27)14-5-6-16-17(11-14)31-13-30-16/h1,3-6,11H,2,7-10,12-13H2,(H,23,24). The lowest BCUT2D eigenvalue weighted by molar-refractivity contribution is 0.0762. The highest BCUT2D eigenvalue weighted by atomic mass is 32.2. The fourth-order valence-electron chi connectivity index (χ4n) is 4.03. The molecular formula is C21H21FN4O5S. The molecule has 2 aromatic rings. The third kappa shape index (κ3) is 3.89. The molecule has 9 nitrogen and oxygen atoms in total. The molecule has 0 bridgehead atoms. The van der Waals surface area contributed by atoms with Crippen LogP contribution in [0.3, 0.4) is 0 Å². The van der Waals surface area contributed by atoms with Crippen LogP contribution in [-0.2, 0) is 10.0 Å². The molecule has 0 saturated carbocycles. The molecule has 168 valence electrons. The van der Waals surface area contributed by atoms with Crippen molar-refractivity contribution < 1.29 is 27.1 Å². The highest BCUT2D eigenvalue weighted by Crippen LogP contribution is 2.33. The Balaban J connectivity index is 1.26. The maximum absolute atomic E-state index is 14.2. The third-order valence-corrected chi connectivity index (χ3v) is 6.98. The minimum atomic E-state index is -3.97. The molecule has 1 N–H and O–H groups in total. The summed E-state index contributed by atoms with van der Waals surface area (Å²) in [5, 5.41) is 2.82. The largest absolute Gasteiger partial charge is 0.454 e. The molecule has 3 heterocycles. The van der Waals surface area contributed by atoms with Crippen LogP contribution in [0.2, 0.25) is 0 Å². The van der Waals surface area contributed by atoms with Crippen molar-refractivity contribution in [1.29, 1.82) is 0 Å². The number of hydrogen-bond donors (Lipinski definition) is 1. The van der Waals surface area contributed by atoms with E-state index in [4.69, 9.17) is 9.47 Å². The lowest BCUT2D eigenvalue weighted by atomic mass is 10.1. The number of fused-ring (bicyclic) bond motifs is 2. The van der Waals surface area contributed by atoms with E-state index < -0.39 is 15.8 Å². The first-order chi connectivity index (χ1) is 15.4. The monoisotopic (exact) mass is 460 g/mol. The second-order valence-electron chi connectivity index (χ2n) is 7.74. The number of anilines is 1. The van der Waals surface area contributed by atoms with E-state index in [1.54, 1.807) is 23.1 Å². The Hall–Kier alpha value is -3.18. The average molecular weight is 460 g/mol. The summed E-state index contributed by atoms with van der Waals surface area (Å²) in [6.07, 6.45) is 0.710. The van der Waals surface area contributed by atoms with E-state index in [-0.39, 0.29) is 35.7 Å². The number of carbonyl (C=O) groups excluding carboxylic acids is 1. The van der Waals surface area contributed by atoms with Gasteiger partial charge in [-0.2, -0.15) is 8.42 Å². The third-order valence-electron chi connectivity index (χ3n) is 5.62. The molecule has 2 aromatic carbocycles. The second-order valence-corrected chi connectivity index (χ2v) is 9.31. The lowest BCUT2D eigenvalue weighted by Gasteiger charge is -2.25. The smallest absolute Gasteiger partial charge is 0.286 e. The van der Waals surface area contributed by atoms with Gasteiger partial charge in [0.15, 0.2) is 11.5 Å². The van der Waals surface area contributed by atoms with Crippen molar-refractivity contribution in [2.75, 3.05) is 44.8 Å². The van der Waals surface area contributed by atoms with Gasteiger partial charge in [-0.25, -0.2) is 4.39 Å². The van der Waals surface area contributed by atoms with Crippen LogP contribution in [0.25, 0.3) is 0 Å². The minimum Gasteiger partial charge on any atom is -0.454 e. The molecule has 0 atom stereocenters. The number of carbonyl (C=O) groups is 1. The Morgan fingerprint density at radius 1 is 1.09 bits per heavy atom. The van der Waals surface area contributed by atoms with Crippen LogP contribution in [0.5, 0.6) is 11.5 Å². The molecular weight excluding hydrogens is 439 g/mol. The van der Waals surface area contributed by atoms with Gasteiger partial charge in [0.05, 0.1) is 12.2 Å². The minimum absolute atomic E-state index is 0.0769. The number of nitrogens with one attached hydrogen (secondary N) is 1. The van der Waals surface area contributed by atoms with Crippen LogP contribution < -0.4 is 14.8 Å². The van der Waals surface area contributed by atoms with Gasteiger partial charge >= 0.3 is 0 Å². The Morgan fingerprint density at radius 3 is 2.81 bits per heavy atom. The van der Waals surface area contributed by atoms with E-state index in [2.05, 4.69) is 9.71 Å². The van der Waals surface area contributed by atoms with Crippen LogP contribution in [0.1, 0.15) is 16.8 Å². The van der Waals surface area contributed by atoms with Crippen molar-refractivity contribution in [1.82, 2.24) is 9.80 Å². The number of rotatable bonds is 3. The van der Waals surface area contributed by atoms with Gasteiger partial charge in [-0.05, 0) is 36.8 Å². The molecule has 0 unspecified atom stereocenters. The van der Waals surface area contributed by atoms with Crippen LogP contribution >= 0.6 is 0 Å². The average Bonchev–Trinajstić information content (AvgIpc) is 3.11.